The van der Waals surface area contributed by atoms with Gasteiger partial charge in [0.15, 0.2) is 6.29 Å². The Morgan fingerprint density at radius 2 is 1.42 bits per heavy atom. The van der Waals surface area contributed by atoms with E-state index in [1.165, 1.54) is 43.3 Å². The highest BCUT2D eigenvalue weighted by Gasteiger charge is 2.47. The van der Waals surface area contributed by atoms with E-state index in [9.17, 15) is 45.6 Å². The van der Waals surface area contributed by atoms with Gasteiger partial charge in [-0.1, -0.05) is 12.1 Å². The van der Waals surface area contributed by atoms with Crippen molar-refractivity contribution in [2.45, 2.75) is 80.9 Å². The molecule has 0 radical (unpaired) electrons. The molecular weight excluding hydrogens is 572 g/mol. The van der Waals surface area contributed by atoms with Crippen molar-refractivity contribution in [1.82, 2.24) is 0 Å². The predicted molar refractivity (Wildman–Crippen MR) is 143 cm³/mol. The Kier molecular flexibility index (Phi) is 9.22. The van der Waals surface area contributed by atoms with E-state index in [2.05, 4.69) is 0 Å². The third-order valence-electron chi connectivity index (χ3n) is 7.66. The molecule has 0 bridgehead atoms. The fraction of sp³-hybridized carbons (Fsp3) is 0.483. The molecule has 3 aliphatic heterocycles. The van der Waals surface area contributed by atoms with Gasteiger partial charge in [-0.3, -0.25) is 0 Å². The van der Waals surface area contributed by atoms with E-state index < -0.39 is 80.1 Å². The Morgan fingerprint density at radius 1 is 0.767 bits per heavy atom. The molecule has 3 aliphatic rings. The maximum Gasteiger partial charge on any atom is 0.331 e. The standard InChI is InChI=1S/C29H34O14/c1-12-22(33)24(35)26(37)28(40-12)39-11-20-23(34)25(36)27(38)29(43-20)42-19-9-15(31)6-7-16(19)17-10-21(32)41-18(17)8-13-2-4-14(30)5-3-13/h2-7,9-10,12,18,20,22-31,33-38H,8,11H2,1H3. The van der Waals surface area contributed by atoms with Crippen LogP contribution in [0, 0.1) is 0 Å². The third-order valence-corrected chi connectivity index (χ3v) is 7.66. The number of aliphatic hydroxyl groups is 6. The fourth-order valence-electron chi connectivity index (χ4n) is 5.17. The van der Waals surface area contributed by atoms with Gasteiger partial charge in [0, 0.05) is 29.7 Å². The van der Waals surface area contributed by atoms with Crippen molar-refractivity contribution < 1.29 is 69.3 Å². The summed E-state index contributed by atoms with van der Waals surface area (Å²) in [7, 11) is 0. The van der Waals surface area contributed by atoms with Crippen molar-refractivity contribution in [1.29, 1.82) is 0 Å². The number of aliphatic hydroxyl groups excluding tert-OH is 6. The molecule has 2 aromatic rings. The smallest absolute Gasteiger partial charge is 0.331 e. The summed E-state index contributed by atoms with van der Waals surface area (Å²) in [4.78, 5) is 12.3. The van der Waals surface area contributed by atoms with Crippen molar-refractivity contribution >= 4 is 11.5 Å². The molecule has 11 atom stereocenters. The highest BCUT2D eigenvalue weighted by molar-refractivity contribution is 5.98. The summed E-state index contributed by atoms with van der Waals surface area (Å²) < 4.78 is 28.0. The maximum atomic E-state index is 12.3. The molecule has 2 saturated heterocycles. The number of hydrogen-bond donors (Lipinski definition) is 8. The summed E-state index contributed by atoms with van der Waals surface area (Å²) in [6.07, 6.45) is -14.2. The van der Waals surface area contributed by atoms with E-state index in [1.54, 1.807) is 12.1 Å². The van der Waals surface area contributed by atoms with Crippen LogP contribution >= 0.6 is 0 Å². The molecule has 14 heteroatoms. The number of phenols is 2. The van der Waals surface area contributed by atoms with Gasteiger partial charge in [-0.25, -0.2) is 4.79 Å². The molecule has 11 unspecified atom stereocenters. The molecule has 0 aliphatic carbocycles. The van der Waals surface area contributed by atoms with Gasteiger partial charge in [0.25, 0.3) is 0 Å². The number of carbonyl (C=O) groups excluding carboxylic acids is 1. The number of ether oxygens (including phenoxy) is 5. The maximum absolute atomic E-state index is 12.3. The Labute approximate surface area is 245 Å². The van der Waals surface area contributed by atoms with Crippen LogP contribution in [0.3, 0.4) is 0 Å². The van der Waals surface area contributed by atoms with Crippen LogP contribution in [0.5, 0.6) is 17.2 Å². The zero-order valence-electron chi connectivity index (χ0n) is 22.9. The van der Waals surface area contributed by atoms with Gasteiger partial charge in [0.1, 0.15) is 66.1 Å². The number of cyclic esters (lactones) is 1. The number of aromatic hydroxyl groups is 2. The number of carbonyl (C=O) groups is 1. The zero-order chi connectivity index (χ0) is 31.0. The SMILES string of the molecule is CC1OC(OCC2OC(Oc3cc(O)ccc3C3=CC(=O)OC3Cc3ccc(O)cc3)C(O)C(O)C2O)C(O)C(O)C1O. The molecule has 2 aromatic carbocycles. The second-order valence-electron chi connectivity index (χ2n) is 10.7. The van der Waals surface area contributed by atoms with Crippen molar-refractivity contribution in [3.05, 3.63) is 59.7 Å². The van der Waals surface area contributed by atoms with Crippen LogP contribution in [0.2, 0.25) is 0 Å². The summed E-state index contributed by atoms with van der Waals surface area (Å²) in [6, 6.07) is 10.4. The molecule has 14 nitrogen and oxygen atoms in total. The third kappa shape index (κ3) is 6.62. The molecule has 0 amide bonds. The minimum atomic E-state index is -1.77. The molecule has 0 saturated carbocycles. The zero-order valence-corrected chi connectivity index (χ0v) is 22.9. The Bertz CT molecular complexity index is 1310. The van der Waals surface area contributed by atoms with E-state index >= 15 is 0 Å². The average Bonchev–Trinajstić information content (AvgIpc) is 3.34. The van der Waals surface area contributed by atoms with Crippen LogP contribution in [-0.4, -0.2) is 121 Å². The normalized spacial score (nSPS) is 36.2. The lowest BCUT2D eigenvalue weighted by Crippen LogP contribution is -2.61. The second-order valence-corrected chi connectivity index (χ2v) is 10.7. The first-order chi connectivity index (χ1) is 20.4. The van der Waals surface area contributed by atoms with Gasteiger partial charge in [-0.05, 0) is 36.8 Å². The lowest BCUT2D eigenvalue weighted by Gasteiger charge is -2.42. The van der Waals surface area contributed by atoms with Crippen molar-refractivity contribution in [2.24, 2.45) is 0 Å². The van der Waals surface area contributed by atoms with E-state index in [4.69, 9.17) is 23.7 Å². The molecule has 43 heavy (non-hydrogen) atoms. The number of benzene rings is 2. The topological polar surface area (TPSA) is 225 Å². The van der Waals surface area contributed by atoms with E-state index in [-0.39, 0.29) is 23.7 Å². The first-order valence-electron chi connectivity index (χ1n) is 13.6. The number of rotatable bonds is 8. The minimum Gasteiger partial charge on any atom is -0.508 e. The van der Waals surface area contributed by atoms with E-state index in [0.717, 1.165) is 5.56 Å². The predicted octanol–water partition coefficient (Wildman–Crippen LogP) is -1.32. The second kappa shape index (κ2) is 12.7. The van der Waals surface area contributed by atoms with Crippen LogP contribution in [0.15, 0.2) is 48.5 Å². The van der Waals surface area contributed by atoms with Gasteiger partial charge < -0.3 is 64.5 Å². The van der Waals surface area contributed by atoms with Gasteiger partial charge in [-0.15, -0.1) is 0 Å². The first-order valence-corrected chi connectivity index (χ1v) is 13.6. The Hall–Kier alpha value is -3.31. The lowest BCUT2D eigenvalue weighted by molar-refractivity contribution is -0.318. The lowest BCUT2D eigenvalue weighted by atomic mass is 9.95. The van der Waals surface area contributed by atoms with Crippen molar-refractivity contribution in [3.63, 3.8) is 0 Å². The largest absolute Gasteiger partial charge is 0.508 e. The van der Waals surface area contributed by atoms with E-state index in [0.29, 0.717) is 11.1 Å². The molecular formula is C29H34O14. The number of hydrogen-bond acceptors (Lipinski definition) is 14. The summed E-state index contributed by atoms with van der Waals surface area (Å²) in [5, 5.41) is 81.7. The van der Waals surface area contributed by atoms with Gasteiger partial charge in [0.2, 0.25) is 6.29 Å². The van der Waals surface area contributed by atoms with Gasteiger partial charge >= 0.3 is 5.97 Å². The molecule has 234 valence electrons. The number of esters is 1. The van der Waals surface area contributed by atoms with Crippen molar-refractivity contribution in [2.75, 3.05) is 6.61 Å². The highest BCUT2D eigenvalue weighted by Crippen LogP contribution is 2.38. The Balaban J connectivity index is 1.33. The van der Waals surface area contributed by atoms with Crippen molar-refractivity contribution in [3.8, 4) is 17.2 Å². The Morgan fingerprint density at radius 3 is 2.14 bits per heavy atom. The first kappa shape index (κ1) is 31.1. The minimum absolute atomic E-state index is 0.0375. The molecule has 0 aromatic heterocycles. The van der Waals surface area contributed by atoms with Gasteiger partial charge in [0.05, 0.1) is 12.7 Å². The van der Waals surface area contributed by atoms with E-state index in [1.807, 2.05) is 0 Å². The molecule has 8 N–H and O–H groups in total. The fourth-order valence-corrected chi connectivity index (χ4v) is 5.17. The summed E-state index contributed by atoms with van der Waals surface area (Å²) >= 11 is 0. The summed E-state index contributed by atoms with van der Waals surface area (Å²) in [5.74, 6) is -0.789. The van der Waals surface area contributed by atoms with Crippen LogP contribution < -0.4 is 4.74 Å². The van der Waals surface area contributed by atoms with Crippen LogP contribution in [0.25, 0.3) is 5.57 Å². The summed E-state index contributed by atoms with van der Waals surface area (Å²) in [5.41, 5.74) is 1.48. The number of phenolic OH excluding ortho intramolecular Hbond substituents is 2. The quantitative estimate of drug-likeness (QED) is 0.163. The van der Waals surface area contributed by atoms with Crippen LogP contribution in [0.1, 0.15) is 18.1 Å². The molecule has 3 heterocycles. The molecule has 2 fully saturated rings. The van der Waals surface area contributed by atoms with Crippen LogP contribution in [0.4, 0.5) is 0 Å². The highest BCUT2D eigenvalue weighted by atomic mass is 16.7. The van der Waals surface area contributed by atoms with Gasteiger partial charge in [-0.2, -0.15) is 0 Å². The average molecular weight is 607 g/mol. The summed E-state index contributed by atoms with van der Waals surface area (Å²) in [6.45, 7) is 0.976. The molecule has 5 rings (SSSR count). The molecule has 0 spiro atoms. The monoisotopic (exact) mass is 606 g/mol. The van der Waals surface area contributed by atoms with Crippen LogP contribution in [-0.2, 0) is 30.2 Å².